The summed E-state index contributed by atoms with van der Waals surface area (Å²) in [6.07, 6.45) is 12.5. The third-order valence-corrected chi connectivity index (χ3v) is 3.95. The molecule has 0 heterocycles. The maximum atomic E-state index is 3.92. The van der Waals surface area contributed by atoms with Crippen LogP contribution in [0.1, 0.15) is 78.6 Å². The van der Waals surface area contributed by atoms with Gasteiger partial charge in [-0.1, -0.05) is 52.9 Å². The Morgan fingerprint density at radius 3 is 2.56 bits per heavy atom. The summed E-state index contributed by atoms with van der Waals surface area (Å²) in [6, 6.07) is 1.61. The zero-order chi connectivity index (χ0) is 11.8. The van der Waals surface area contributed by atoms with Gasteiger partial charge in [-0.15, -0.1) is 0 Å². The Balaban J connectivity index is 2.28. The van der Waals surface area contributed by atoms with Crippen LogP contribution in [-0.2, 0) is 0 Å². The second-order valence-electron chi connectivity index (χ2n) is 5.76. The summed E-state index contributed by atoms with van der Waals surface area (Å²) < 4.78 is 0. The van der Waals surface area contributed by atoms with E-state index >= 15 is 0 Å². The molecule has 16 heavy (non-hydrogen) atoms. The van der Waals surface area contributed by atoms with E-state index in [1.54, 1.807) is 0 Å². The molecular weight excluding hydrogens is 194 g/mol. The van der Waals surface area contributed by atoms with E-state index in [9.17, 15) is 0 Å². The number of unbranched alkanes of at least 4 members (excludes halogenated alkanes) is 1. The van der Waals surface area contributed by atoms with E-state index in [0.717, 1.165) is 18.0 Å². The lowest BCUT2D eigenvalue weighted by Gasteiger charge is -2.31. The maximum absolute atomic E-state index is 3.92. The molecule has 96 valence electrons. The topological polar surface area (TPSA) is 12.0 Å². The van der Waals surface area contributed by atoms with Gasteiger partial charge in [-0.05, 0) is 31.6 Å². The molecule has 1 aliphatic carbocycles. The molecule has 0 aromatic heterocycles. The van der Waals surface area contributed by atoms with E-state index in [4.69, 9.17) is 0 Å². The van der Waals surface area contributed by atoms with Gasteiger partial charge < -0.3 is 5.32 Å². The number of nitrogens with one attached hydrogen (secondary N) is 1. The highest BCUT2D eigenvalue weighted by Gasteiger charge is 2.20. The molecule has 1 nitrogen and oxygen atoms in total. The number of hydrogen-bond donors (Lipinski definition) is 1. The lowest BCUT2D eigenvalue weighted by Crippen LogP contribution is -2.40. The predicted octanol–water partition coefficient (Wildman–Crippen LogP) is 4.51. The minimum absolute atomic E-state index is 0.792. The average Bonchev–Trinajstić information content (AvgIpc) is 2.26. The highest BCUT2D eigenvalue weighted by Crippen LogP contribution is 2.24. The zero-order valence-electron chi connectivity index (χ0n) is 11.6. The van der Waals surface area contributed by atoms with Crippen molar-refractivity contribution in [1.29, 1.82) is 0 Å². The first-order chi connectivity index (χ1) is 7.76. The van der Waals surface area contributed by atoms with E-state index in [-0.39, 0.29) is 0 Å². The van der Waals surface area contributed by atoms with Gasteiger partial charge in [0.05, 0.1) is 0 Å². The molecule has 0 bridgehead atoms. The summed E-state index contributed by atoms with van der Waals surface area (Å²) in [5, 5.41) is 3.92. The molecular formula is C15H31N. The SMILES string of the molecule is CCCCC(CCC)NC1CCCC(C)C1. The van der Waals surface area contributed by atoms with Crippen LogP contribution >= 0.6 is 0 Å². The van der Waals surface area contributed by atoms with Crippen LogP contribution in [0.15, 0.2) is 0 Å². The van der Waals surface area contributed by atoms with Crippen LogP contribution in [0.5, 0.6) is 0 Å². The second-order valence-corrected chi connectivity index (χ2v) is 5.76. The van der Waals surface area contributed by atoms with Crippen molar-refractivity contribution in [2.24, 2.45) is 5.92 Å². The normalized spacial score (nSPS) is 27.9. The van der Waals surface area contributed by atoms with Gasteiger partial charge in [0.2, 0.25) is 0 Å². The quantitative estimate of drug-likeness (QED) is 0.672. The fraction of sp³-hybridized carbons (Fsp3) is 1.00. The fourth-order valence-electron chi connectivity index (χ4n) is 3.03. The molecule has 1 N–H and O–H groups in total. The lowest BCUT2D eigenvalue weighted by molar-refractivity contribution is 0.267. The van der Waals surface area contributed by atoms with Gasteiger partial charge in [0.25, 0.3) is 0 Å². The summed E-state index contributed by atoms with van der Waals surface area (Å²) in [5.41, 5.74) is 0. The fourth-order valence-corrected chi connectivity index (χ4v) is 3.03. The van der Waals surface area contributed by atoms with Crippen molar-refractivity contribution in [1.82, 2.24) is 5.32 Å². The second kappa shape index (κ2) is 8.11. The van der Waals surface area contributed by atoms with Crippen LogP contribution in [0, 0.1) is 5.92 Å². The van der Waals surface area contributed by atoms with Crippen molar-refractivity contribution in [2.75, 3.05) is 0 Å². The molecule has 0 aliphatic heterocycles. The Labute approximate surface area is 102 Å². The highest BCUT2D eigenvalue weighted by molar-refractivity contribution is 4.79. The first kappa shape index (κ1) is 14.0. The van der Waals surface area contributed by atoms with Gasteiger partial charge in [-0.3, -0.25) is 0 Å². The molecule has 0 aromatic rings. The summed E-state index contributed by atoms with van der Waals surface area (Å²) in [6.45, 7) is 7.02. The number of rotatable bonds is 7. The molecule has 1 rings (SSSR count). The molecule has 0 aromatic carbocycles. The summed E-state index contributed by atoms with van der Waals surface area (Å²) in [4.78, 5) is 0. The van der Waals surface area contributed by atoms with Crippen LogP contribution in [0.4, 0.5) is 0 Å². The Hall–Kier alpha value is -0.0400. The van der Waals surface area contributed by atoms with Crippen molar-refractivity contribution in [2.45, 2.75) is 90.6 Å². The minimum atomic E-state index is 0.792. The third kappa shape index (κ3) is 5.34. The number of hydrogen-bond acceptors (Lipinski definition) is 1. The Kier molecular flexibility index (Phi) is 7.11. The standard InChI is InChI=1S/C15H31N/c1-4-6-10-14(8-5-2)16-15-11-7-9-13(3)12-15/h13-16H,4-12H2,1-3H3. The monoisotopic (exact) mass is 225 g/mol. The molecule has 1 aliphatic rings. The Morgan fingerprint density at radius 1 is 1.12 bits per heavy atom. The minimum Gasteiger partial charge on any atom is -0.311 e. The van der Waals surface area contributed by atoms with Gasteiger partial charge >= 0.3 is 0 Å². The van der Waals surface area contributed by atoms with Crippen molar-refractivity contribution < 1.29 is 0 Å². The van der Waals surface area contributed by atoms with Crippen LogP contribution in [0.25, 0.3) is 0 Å². The highest BCUT2D eigenvalue weighted by atomic mass is 14.9. The Bertz CT molecular complexity index is 167. The Morgan fingerprint density at radius 2 is 1.94 bits per heavy atom. The molecule has 0 spiro atoms. The van der Waals surface area contributed by atoms with Crippen molar-refractivity contribution >= 4 is 0 Å². The van der Waals surface area contributed by atoms with Gasteiger partial charge in [0.15, 0.2) is 0 Å². The van der Waals surface area contributed by atoms with E-state index in [1.807, 2.05) is 0 Å². The van der Waals surface area contributed by atoms with E-state index in [0.29, 0.717) is 0 Å². The van der Waals surface area contributed by atoms with E-state index in [1.165, 1.54) is 57.8 Å². The molecule has 0 radical (unpaired) electrons. The maximum Gasteiger partial charge on any atom is 0.00721 e. The van der Waals surface area contributed by atoms with Gasteiger partial charge in [0, 0.05) is 12.1 Å². The molecule has 0 amide bonds. The molecule has 1 fully saturated rings. The van der Waals surface area contributed by atoms with Crippen LogP contribution in [0.2, 0.25) is 0 Å². The summed E-state index contributed by atoms with van der Waals surface area (Å²) >= 11 is 0. The van der Waals surface area contributed by atoms with Gasteiger partial charge in [0.1, 0.15) is 0 Å². The first-order valence-corrected chi connectivity index (χ1v) is 7.52. The van der Waals surface area contributed by atoms with E-state index < -0.39 is 0 Å². The summed E-state index contributed by atoms with van der Waals surface area (Å²) in [5.74, 6) is 0.944. The van der Waals surface area contributed by atoms with E-state index in [2.05, 4.69) is 26.1 Å². The van der Waals surface area contributed by atoms with Crippen molar-refractivity contribution in [3.63, 3.8) is 0 Å². The van der Waals surface area contributed by atoms with Crippen LogP contribution in [-0.4, -0.2) is 12.1 Å². The van der Waals surface area contributed by atoms with Crippen molar-refractivity contribution in [3.05, 3.63) is 0 Å². The molecule has 0 saturated heterocycles. The lowest BCUT2D eigenvalue weighted by atomic mass is 9.86. The van der Waals surface area contributed by atoms with Crippen molar-refractivity contribution in [3.8, 4) is 0 Å². The largest absolute Gasteiger partial charge is 0.311 e. The van der Waals surface area contributed by atoms with Gasteiger partial charge in [-0.25, -0.2) is 0 Å². The van der Waals surface area contributed by atoms with Gasteiger partial charge in [-0.2, -0.15) is 0 Å². The third-order valence-electron chi connectivity index (χ3n) is 3.95. The predicted molar refractivity (Wildman–Crippen MR) is 72.8 cm³/mol. The molecule has 3 atom stereocenters. The first-order valence-electron chi connectivity index (χ1n) is 7.52. The average molecular weight is 225 g/mol. The van der Waals surface area contributed by atoms with Crippen LogP contribution in [0.3, 0.4) is 0 Å². The summed E-state index contributed by atoms with van der Waals surface area (Å²) in [7, 11) is 0. The molecule has 1 heteroatoms. The smallest absolute Gasteiger partial charge is 0.00721 e. The zero-order valence-corrected chi connectivity index (χ0v) is 11.6. The molecule has 3 unspecified atom stereocenters. The van der Waals surface area contributed by atoms with Crippen LogP contribution < -0.4 is 5.32 Å². The molecule has 1 saturated carbocycles.